The average molecular weight is 288 g/mol. The second-order valence-corrected chi connectivity index (χ2v) is 4.52. The molecule has 0 aliphatic heterocycles. The summed E-state index contributed by atoms with van der Waals surface area (Å²) < 4.78 is 0. The largest absolute Gasteiger partial charge is 0.481 e. The van der Waals surface area contributed by atoms with Crippen molar-refractivity contribution in [3.63, 3.8) is 0 Å². The van der Waals surface area contributed by atoms with E-state index in [-0.39, 0.29) is 19.0 Å². The molecule has 0 radical (unpaired) electrons. The number of rotatable bonds is 8. The summed E-state index contributed by atoms with van der Waals surface area (Å²) in [7, 11) is 0. The van der Waals surface area contributed by atoms with Gasteiger partial charge in [-0.1, -0.05) is 18.2 Å². The van der Waals surface area contributed by atoms with E-state index in [9.17, 15) is 9.59 Å². The lowest BCUT2D eigenvalue weighted by molar-refractivity contribution is -0.136. The standard InChI is InChI=1S/C16H20N2O3/c1-2-3-4-8-12-17-16(21)18(13-11-15(19)20)14-9-6-5-7-10-14/h1,5-7,9-10H,3-4,8,11-13H2,(H,17,21)(H,19,20). The summed E-state index contributed by atoms with van der Waals surface area (Å²) in [6.45, 7) is 0.659. The minimum atomic E-state index is -0.933. The van der Waals surface area contributed by atoms with Crippen LogP contribution in [-0.4, -0.2) is 30.2 Å². The monoisotopic (exact) mass is 288 g/mol. The molecule has 1 rings (SSSR count). The smallest absolute Gasteiger partial charge is 0.321 e. The molecule has 0 aliphatic carbocycles. The van der Waals surface area contributed by atoms with Gasteiger partial charge in [0.1, 0.15) is 0 Å². The number of hydrogen-bond donors (Lipinski definition) is 2. The second-order valence-electron chi connectivity index (χ2n) is 4.52. The number of carbonyl (C=O) groups excluding carboxylic acids is 1. The summed E-state index contributed by atoms with van der Waals surface area (Å²) in [5.74, 6) is 1.62. The van der Waals surface area contributed by atoms with Crippen LogP contribution in [0, 0.1) is 12.3 Å². The van der Waals surface area contributed by atoms with Crippen LogP contribution >= 0.6 is 0 Å². The van der Waals surface area contributed by atoms with Crippen LogP contribution < -0.4 is 10.2 Å². The summed E-state index contributed by atoms with van der Waals surface area (Å²) in [5, 5.41) is 11.6. The topological polar surface area (TPSA) is 69.6 Å². The lowest BCUT2D eigenvalue weighted by atomic mass is 10.2. The summed E-state index contributed by atoms with van der Waals surface area (Å²) in [4.78, 5) is 24.3. The number of carbonyl (C=O) groups is 2. The number of carboxylic acids is 1. The van der Waals surface area contributed by atoms with Crippen molar-refractivity contribution in [2.24, 2.45) is 0 Å². The van der Waals surface area contributed by atoms with E-state index in [1.165, 1.54) is 4.90 Å². The van der Waals surface area contributed by atoms with Crippen LogP contribution in [0.15, 0.2) is 30.3 Å². The molecule has 0 fully saturated rings. The lowest BCUT2D eigenvalue weighted by Gasteiger charge is -2.22. The fraction of sp³-hybridized carbons (Fsp3) is 0.375. The number of aliphatic carboxylic acids is 1. The van der Waals surface area contributed by atoms with Gasteiger partial charge in [-0.15, -0.1) is 12.3 Å². The van der Waals surface area contributed by atoms with Crippen molar-refractivity contribution in [2.45, 2.75) is 25.7 Å². The Labute approximate surface area is 125 Å². The van der Waals surface area contributed by atoms with Gasteiger partial charge in [-0.2, -0.15) is 0 Å². The molecule has 21 heavy (non-hydrogen) atoms. The van der Waals surface area contributed by atoms with Crippen molar-refractivity contribution in [1.29, 1.82) is 0 Å². The van der Waals surface area contributed by atoms with Crippen molar-refractivity contribution < 1.29 is 14.7 Å². The van der Waals surface area contributed by atoms with Crippen molar-refractivity contribution >= 4 is 17.7 Å². The molecule has 0 bridgehead atoms. The Morgan fingerprint density at radius 3 is 2.57 bits per heavy atom. The number of amides is 2. The van der Waals surface area contributed by atoms with Crippen molar-refractivity contribution in [2.75, 3.05) is 18.0 Å². The van der Waals surface area contributed by atoms with Gasteiger partial charge in [0.15, 0.2) is 0 Å². The van der Waals surface area contributed by atoms with E-state index >= 15 is 0 Å². The SMILES string of the molecule is C#CCCCCNC(=O)N(CCC(=O)O)c1ccccc1. The van der Waals surface area contributed by atoms with E-state index in [0.29, 0.717) is 18.7 Å². The zero-order valence-corrected chi connectivity index (χ0v) is 11.9. The third-order valence-corrected chi connectivity index (χ3v) is 2.89. The van der Waals surface area contributed by atoms with E-state index in [0.717, 1.165) is 12.8 Å². The van der Waals surface area contributed by atoms with Gasteiger partial charge in [0.05, 0.1) is 6.42 Å². The highest BCUT2D eigenvalue weighted by atomic mass is 16.4. The second kappa shape index (κ2) is 9.43. The van der Waals surface area contributed by atoms with Gasteiger partial charge in [-0.25, -0.2) is 4.79 Å². The van der Waals surface area contributed by atoms with Crippen LogP contribution in [0.25, 0.3) is 0 Å². The molecule has 0 spiro atoms. The Morgan fingerprint density at radius 1 is 1.24 bits per heavy atom. The van der Waals surface area contributed by atoms with Gasteiger partial charge in [-0.05, 0) is 25.0 Å². The molecular weight excluding hydrogens is 268 g/mol. The quantitative estimate of drug-likeness (QED) is 0.570. The molecule has 5 heteroatoms. The number of terminal acetylenes is 1. The average Bonchev–Trinajstić information content (AvgIpc) is 2.48. The van der Waals surface area contributed by atoms with Gasteiger partial charge in [0.2, 0.25) is 0 Å². The van der Waals surface area contributed by atoms with Crippen molar-refractivity contribution in [3.8, 4) is 12.3 Å². The van der Waals surface area contributed by atoms with Gasteiger partial charge < -0.3 is 10.4 Å². The molecular formula is C16H20N2O3. The molecule has 0 aliphatic rings. The number of nitrogens with one attached hydrogen (secondary N) is 1. The number of benzene rings is 1. The first-order valence-electron chi connectivity index (χ1n) is 6.91. The van der Waals surface area contributed by atoms with E-state index in [4.69, 9.17) is 11.5 Å². The number of urea groups is 1. The molecule has 1 aromatic carbocycles. The number of carboxylic acid groups (broad SMARTS) is 1. The van der Waals surface area contributed by atoms with Crippen LogP contribution in [-0.2, 0) is 4.79 Å². The molecule has 112 valence electrons. The highest BCUT2D eigenvalue weighted by Crippen LogP contribution is 2.13. The zero-order chi connectivity index (χ0) is 15.5. The van der Waals surface area contributed by atoms with Crippen molar-refractivity contribution in [1.82, 2.24) is 5.32 Å². The fourth-order valence-electron chi connectivity index (χ4n) is 1.81. The number of nitrogens with zero attached hydrogens (tertiary/aromatic N) is 1. The van der Waals surface area contributed by atoms with Gasteiger partial charge in [0.25, 0.3) is 0 Å². The first-order chi connectivity index (χ1) is 10.1. The Hall–Kier alpha value is -2.48. The normalized spacial score (nSPS) is 9.67. The van der Waals surface area contributed by atoms with E-state index < -0.39 is 5.97 Å². The Bertz CT molecular complexity index is 494. The Balaban J connectivity index is 2.57. The zero-order valence-electron chi connectivity index (χ0n) is 11.9. The number of anilines is 1. The van der Waals surface area contributed by atoms with Crippen LogP contribution in [0.2, 0.25) is 0 Å². The maximum Gasteiger partial charge on any atom is 0.321 e. The summed E-state index contributed by atoms with van der Waals surface area (Å²) in [5.41, 5.74) is 0.680. The van der Waals surface area contributed by atoms with E-state index in [1.54, 1.807) is 12.1 Å². The molecule has 5 nitrogen and oxygen atoms in total. The van der Waals surface area contributed by atoms with Crippen LogP contribution in [0.5, 0.6) is 0 Å². The number of hydrogen-bond acceptors (Lipinski definition) is 2. The molecule has 0 atom stereocenters. The molecule has 0 unspecified atom stereocenters. The highest BCUT2D eigenvalue weighted by Gasteiger charge is 2.15. The van der Waals surface area contributed by atoms with E-state index in [1.807, 2.05) is 18.2 Å². The van der Waals surface area contributed by atoms with Gasteiger partial charge >= 0.3 is 12.0 Å². The van der Waals surface area contributed by atoms with Crippen molar-refractivity contribution in [3.05, 3.63) is 30.3 Å². The molecule has 0 saturated carbocycles. The first kappa shape index (κ1) is 16.6. The molecule has 2 N–H and O–H groups in total. The van der Waals surface area contributed by atoms with E-state index in [2.05, 4.69) is 11.2 Å². The highest BCUT2D eigenvalue weighted by molar-refractivity contribution is 5.92. The predicted molar refractivity (Wildman–Crippen MR) is 82.1 cm³/mol. The minimum absolute atomic E-state index is 0.0978. The van der Waals surface area contributed by atoms with Gasteiger partial charge in [0, 0.05) is 25.2 Å². The molecule has 2 amide bonds. The third-order valence-electron chi connectivity index (χ3n) is 2.89. The third kappa shape index (κ3) is 6.48. The Kier molecular flexibility index (Phi) is 7.44. The maximum absolute atomic E-state index is 12.2. The maximum atomic E-state index is 12.2. The summed E-state index contributed by atoms with van der Waals surface area (Å²) in [6.07, 6.45) is 7.42. The fourth-order valence-corrected chi connectivity index (χ4v) is 1.81. The van der Waals surface area contributed by atoms with Crippen LogP contribution in [0.1, 0.15) is 25.7 Å². The van der Waals surface area contributed by atoms with Gasteiger partial charge in [-0.3, -0.25) is 9.69 Å². The Morgan fingerprint density at radius 2 is 1.95 bits per heavy atom. The number of unbranched alkanes of at least 4 members (excludes halogenated alkanes) is 2. The lowest BCUT2D eigenvalue weighted by Crippen LogP contribution is -2.41. The first-order valence-corrected chi connectivity index (χ1v) is 6.91. The molecule has 0 heterocycles. The van der Waals surface area contributed by atoms with Crippen LogP contribution in [0.4, 0.5) is 10.5 Å². The predicted octanol–water partition coefficient (Wildman–Crippen LogP) is 2.48. The van der Waals surface area contributed by atoms with Crippen LogP contribution in [0.3, 0.4) is 0 Å². The molecule has 0 aromatic heterocycles. The number of para-hydroxylation sites is 1. The minimum Gasteiger partial charge on any atom is -0.481 e. The molecule has 0 saturated heterocycles. The summed E-state index contributed by atoms with van der Waals surface area (Å²) >= 11 is 0. The molecule has 1 aromatic rings. The summed E-state index contributed by atoms with van der Waals surface area (Å²) in [6, 6.07) is 8.73.